The predicted octanol–water partition coefficient (Wildman–Crippen LogP) is 2.76. The first-order chi connectivity index (χ1) is 10.7. The molecular formula is C16H20ClFN4O. The van der Waals surface area contributed by atoms with Gasteiger partial charge in [-0.15, -0.1) is 12.4 Å². The fraction of sp³-hybridized carbons (Fsp3) is 0.375. The summed E-state index contributed by atoms with van der Waals surface area (Å²) in [6.07, 6.45) is 5.67. The minimum Gasteiger partial charge on any atom is -0.323 e. The standard InChI is InChI=1S/C16H19FN4O.ClH/c17-14-3-1-2-4-15(14)21-11-13(10-19-21)20-16(22)6-5-12-7-8-18-9-12;/h1-4,10-12,18H,5-9H2,(H,20,22);1H. The average molecular weight is 339 g/mol. The second-order valence-corrected chi connectivity index (χ2v) is 5.57. The van der Waals surface area contributed by atoms with Crippen molar-refractivity contribution in [2.45, 2.75) is 19.3 Å². The van der Waals surface area contributed by atoms with Crippen LogP contribution in [-0.2, 0) is 4.79 Å². The Morgan fingerprint density at radius 2 is 2.26 bits per heavy atom. The van der Waals surface area contributed by atoms with E-state index in [1.807, 2.05) is 0 Å². The third-order valence-corrected chi connectivity index (χ3v) is 3.91. The molecule has 2 N–H and O–H groups in total. The monoisotopic (exact) mass is 338 g/mol. The first-order valence-electron chi connectivity index (χ1n) is 7.52. The zero-order valence-corrected chi connectivity index (χ0v) is 13.5. The van der Waals surface area contributed by atoms with E-state index in [9.17, 15) is 9.18 Å². The van der Waals surface area contributed by atoms with Crippen molar-refractivity contribution in [3.8, 4) is 5.69 Å². The summed E-state index contributed by atoms with van der Waals surface area (Å²) in [5, 5.41) is 10.2. The van der Waals surface area contributed by atoms with Gasteiger partial charge < -0.3 is 10.6 Å². The van der Waals surface area contributed by atoms with Gasteiger partial charge in [-0.2, -0.15) is 5.10 Å². The Morgan fingerprint density at radius 3 is 3.00 bits per heavy atom. The van der Waals surface area contributed by atoms with Crippen LogP contribution in [0.4, 0.5) is 10.1 Å². The molecule has 0 radical (unpaired) electrons. The third-order valence-electron chi connectivity index (χ3n) is 3.91. The number of aromatic nitrogens is 2. The van der Waals surface area contributed by atoms with Crippen molar-refractivity contribution >= 4 is 24.0 Å². The van der Waals surface area contributed by atoms with E-state index in [1.165, 1.54) is 16.9 Å². The van der Waals surface area contributed by atoms with Crippen LogP contribution >= 0.6 is 12.4 Å². The van der Waals surface area contributed by atoms with Crippen LogP contribution in [0.25, 0.3) is 5.69 Å². The van der Waals surface area contributed by atoms with Gasteiger partial charge >= 0.3 is 0 Å². The number of para-hydroxylation sites is 1. The van der Waals surface area contributed by atoms with Crippen molar-refractivity contribution in [1.29, 1.82) is 0 Å². The molecule has 1 amide bonds. The molecule has 1 fully saturated rings. The van der Waals surface area contributed by atoms with Gasteiger partial charge in [-0.1, -0.05) is 12.1 Å². The maximum Gasteiger partial charge on any atom is 0.224 e. The Hall–Kier alpha value is -1.92. The summed E-state index contributed by atoms with van der Waals surface area (Å²) in [5.41, 5.74) is 0.942. The number of hydrogen-bond donors (Lipinski definition) is 2. The first kappa shape index (κ1) is 17.4. The normalized spacial score (nSPS) is 16.8. The molecule has 0 spiro atoms. The molecule has 124 valence electrons. The lowest BCUT2D eigenvalue weighted by Gasteiger charge is -2.07. The van der Waals surface area contributed by atoms with E-state index in [0.29, 0.717) is 23.7 Å². The van der Waals surface area contributed by atoms with Crippen LogP contribution < -0.4 is 10.6 Å². The van der Waals surface area contributed by atoms with E-state index in [-0.39, 0.29) is 24.1 Å². The molecule has 1 atom stereocenters. The molecule has 1 aliphatic heterocycles. The van der Waals surface area contributed by atoms with Gasteiger partial charge in [0, 0.05) is 6.42 Å². The summed E-state index contributed by atoms with van der Waals surface area (Å²) in [7, 11) is 0. The predicted molar refractivity (Wildman–Crippen MR) is 89.6 cm³/mol. The lowest BCUT2D eigenvalue weighted by Crippen LogP contribution is -2.14. The molecule has 0 aliphatic carbocycles. The number of anilines is 1. The molecule has 0 saturated carbocycles. The highest BCUT2D eigenvalue weighted by molar-refractivity contribution is 5.90. The first-order valence-corrected chi connectivity index (χ1v) is 7.52. The van der Waals surface area contributed by atoms with E-state index in [4.69, 9.17) is 0 Å². The number of nitrogens with one attached hydrogen (secondary N) is 2. The van der Waals surface area contributed by atoms with Crippen molar-refractivity contribution in [2.24, 2.45) is 5.92 Å². The largest absolute Gasteiger partial charge is 0.323 e. The zero-order valence-electron chi connectivity index (χ0n) is 12.7. The van der Waals surface area contributed by atoms with Crippen molar-refractivity contribution in [1.82, 2.24) is 15.1 Å². The highest BCUT2D eigenvalue weighted by atomic mass is 35.5. The Labute approximate surface area is 140 Å². The molecule has 3 rings (SSSR count). The van der Waals surface area contributed by atoms with Crippen molar-refractivity contribution in [2.75, 3.05) is 18.4 Å². The molecule has 1 aromatic carbocycles. The number of nitrogens with zero attached hydrogens (tertiary/aromatic N) is 2. The lowest BCUT2D eigenvalue weighted by atomic mass is 10.0. The summed E-state index contributed by atoms with van der Waals surface area (Å²) in [4.78, 5) is 11.9. The summed E-state index contributed by atoms with van der Waals surface area (Å²) < 4.78 is 15.1. The summed E-state index contributed by atoms with van der Waals surface area (Å²) in [5.74, 6) is 0.212. The van der Waals surface area contributed by atoms with Crippen LogP contribution in [0.3, 0.4) is 0 Å². The highest BCUT2D eigenvalue weighted by Crippen LogP contribution is 2.17. The summed E-state index contributed by atoms with van der Waals surface area (Å²) >= 11 is 0. The fourth-order valence-corrected chi connectivity index (χ4v) is 2.68. The number of halogens is 2. The SMILES string of the molecule is Cl.O=C(CCC1CCNC1)Nc1cnn(-c2ccccc2F)c1. The van der Waals surface area contributed by atoms with Gasteiger partial charge in [-0.25, -0.2) is 9.07 Å². The summed E-state index contributed by atoms with van der Waals surface area (Å²) in [6.45, 7) is 2.04. The van der Waals surface area contributed by atoms with Crippen molar-refractivity contribution in [3.63, 3.8) is 0 Å². The maximum atomic E-state index is 13.7. The van der Waals surface area contributed by atoms with Crippen LogP contribution in [0.1, 0.15) is 19.3 Å². The number of carbonyl (C=O) groups is 1. The lowest BCUT2D eigenvalue weighted by molar-refractivity contribution is -0.116. The van der Waals surface area contributed by atoms with Crippen LogP contribution in [0.5, 0.6) is 0 Å². The maximum absolute atomic E-state index is 13.7. The van der Waals surface area contributed by atoms with E-state index >= 15 is 0 Å². The van der Waals surface area contributed by atoms with Crippen molar-refractivity contribution in [3.05, 3.63) is 42.5 Å². The van der Waals surface area contributed by atoms with Gasteiger partial charge in [0.25, 0.3) is 0 Å². The Morgan fingerprint density at radius 1 is 1.43 bits per heavy atom. The average Bonchev–Trinajstić information content (AvgIpc) is 3.17. The molecule has 2 aromatic rings. The van der Waals surface area contributed by atoms with Gasteiger partial charge in [0.15, 0.2) is 0 Å². The van der Waals surface area contributed by atoms with Gasteiger partial charge in [0.1, 0.15) is 11.5 Å². The minimum atomic E-state index is -0.350. The van der Waals surface area contributed by atoms with Gasteiger partial charge in [0.2, 0.25) is 5.91 Å². The quantitative estimate of drug-likeness (QED) is 0.881. The Kier molecular flexibility index (Phi) is 6.12. The van der Waals surface area contributed by atoms with Gasteiger partial charge in [-0.05, 0) is 44.0 Å². The number of amides is 1. The van der Waals surface area contributed by atoms with E-state index in [2.05, 4.69) is 15.7 Å². The zero-order chi connectivity index (χ0) is 15.4. The Bertz CT molecular complexity index is 655. The van der Waals surface area contributed by atoms with E-state index in [1.54, 1.807) is 24.4 Å². The number of carbonyl (C=O) groups excluding carboxylic acids is 1. The fourth-order valence-electron chi connectivity index (χ4n) is 2.68. The second-order valence-electron chi connectivity index (χ2n) is 5.57. The molecule has 23 heavy (non-hydrogen) atoms. The topological polar surface area (TPSA) is 59.0 Å². The highest BCUT2D eigenvalue weighted by Gasteiger charge is 2.16. The molecule has 0 bridgehead atoms. The molecule has 1 unspecified atom stereocenters. The molecule has 5 nitrogen and oxygen atoms in total. The number of benzene rings is 1. The van der Waals surface area contributed by atoms with Gasteiger partial charge in [-0.3, -0.25) is 4.79 Å². The van der Waals surface area contributed by atoms with Crippen LogP contribution in [0.2, 0.25) is 0 Å². The minimum absolute atomic E-state index is 0. The van der Waals surface area contributed by atoms with Crippen LogP contribution in [0.15, 0.2) is 36.7 Å². The molecule has 7 heteroatoms. The molecule has 1 saturated heterocycles. The van der Waals surface area contributed by atoms with Crippen molar-refractivity contribution < 1.29 is 9.18 Å². The molecule has 1 aromatic heterocycles. The van der Waals surface area contributed by atoms with Crippen LogP contribution in [-0.4, -0.2) is 28.8 Å². The second kappa shape index (κ2) is 8.08. The van der Waals surface area contributed by atoms with Crippen LogP contribution in [0, 0.1) is 11.7 Å². The van der Waals surface area contributed by atoms with E-state index in [0.717, 1.165) is 25.9 Å². The summed E-state index contributed by atoms with van der Waals surface area (Å²) in [6, 6.07) is 6.39. The number of hydrogen-bond acceptors (Lipinski definition) is 3. The molecule has 1 aliphatic rings. The number of rotatable bonds is 5. The molecular weight excluding hydrogens is 319 g/mol. The van der Waals surface area contributed by atoms with E-state index < -0.39 is 0 Å². The smallest absolute Gasteiger partial charge is 0.224 e. The third kappa shape index (κ3) is 4.53. The van der Waals surface area contributed by atoms with Gasteiger partial charge in [0.05, 0.1) is 18.1 Å². The molecule has 2 heterocycles. The Balaban J connectivity index is 0.00000192.